The Balaban J connectivity index is 1.93. The maximum atomic E-state index is 13.0. The van der Waals surface area contributed by atoms with E-state index >= 15 is 0 Å². The second-order valence-electron chi connectivity index (χ2n) is 4.22. The highest BCUT2D eigenvalue weighted by atomic mass is 19.2. The van der Waals surface area contributed by atoms with Crippen molar-refractivity contribution in [3.63, 3.8) is 0 Å². The summed E-state index contributed by atoms with van der Waals surface area (Å²) in [5.74, 6) is -4.07. The maximum absolute atomic E-state index is 13.0. The van der Waals surface area contributed by atoms with Gasteiger partial charge in [0, 0.05) is 18.4 Å². The molecule has 1 amide bonds. The first-order valence-corrected chi connectivity index (χ1v) is 5.98. The number of hydrazone groups is 1. The monoisotopic (exact) mass is 296 g/mol. The van der Waals surface area contributed by atoms with Crippen LogP contribution in [0.1, 0.15) is 23.2 Å². The summed E-state index contributed by atoms with van der Waals surface area (Å²) in [7, 11) is 0. The average molecular weight is 296 g/mol. The summed E-state index contributed by atoms with van der Waals surface area (Å²) in [4.78, 5) is 34.1. The fraction of sp³-hybridized carbons (Fsp3) is 0.231. The van der Waals surface area contributed by atoms with Crippen LogP contribution in [0.3, 0.4) is 0 Å². The van der Waals surface area contributed by atoms with Gasteiger partial charge in [-0.3, -0.25) is 9.59 Å². The lowest BCUT2D eigenvalue weighted by Crippen LogP contribution is -2.31. The molecule has 0 spiro atoms. The Morgan fingerprint density at radius 2 is 2.00 bits per heavy atom. The van der Waals surface area contributed by atoms with Crippen molar-refractivity contribution < 1.29 is 27.9 Å². The topological polar surface area (TPSA) is 84.8 Å². The number of hydrogen-bond donors (Lipinski definition) is 1. The summed E-state index contributed by atoms with van der Waals surface area (Å²) in [5.41, 5.74) is 2.00. The molecule has 8 heteroatoms. The zero-order valence-corrected chi connectivity index (χ0v) is 10.7. The minimum absolute atomic E-state index is 0.00677. The minimum atomic E-state index is -1.16. The summed E-state index contributed by atoms with van der Waals surface area (Å²) in [5, 5.41) is 3.51. The Kier molecular flexibility index (Phi) is 4.36. The SMILES string of the molecule is O=C1CCC(C(=O)OCC(=O)c2ccc(F)c(F)c2)=NN1. The highest BCUT2D eigenvalue weighted by Crippen LogP contribution is 2.10. The minimum Gasteiger partial charge on any atom is -0.453 e. The molecule has 110 valence electrons. The number of ether oxygens (including phenoxy) is 1. The van der Waals surface area contributed by atoms with Crippen LogP contribution in [-0.2, 0) is 14.3 Å². The summed E-state index contributed by atoms with van der Waals surface area (Å²) in [6.07, 6.45) is 0.217. The number of esters is 1. The van der Waals surface area contributed by atoms with Crippen LogP contribution in [0.2, 0.25) is 0 Å². The molecule has 0 aliphatic carbocycles. The van der Waals surface area contributed by atoms with Crippen LogP contribution in [0.15, 0.2) is 23.3 Å². The number of hydrogen-bond acceptors (Lipinski definition) is 5. The molecule has 2 rings (SSSR count). The van der Waals surface area contributed by atoms with E-state index in [1.165, 1.54) is 0 Å². The fourth-order valence-electron chi connectivity index (χ4n) is 1.59. The lowest BCUT2D eigenvalue weighted by Gasteiger charge is -2.11. The van der Waals surface area contributed by atoms with Gasteiger partial charge in [0.25, 0.3) is 0 Å². The second kappa shape index (κ2) is 6.21. The van der Waals surface area contributed by atoms with Crippen LogP contribution in [-0.4, -0.2) is 30.0 Å². The van der Waals surface area contributed by atoms with E-state index < -0.39 is 30.0 Å². The molecule has 0 bridgehead atoms. The summed E-state index contributed by atoms with van der Waals surface area (Å²) >= 11 is 0. The smallest absolute Gasteiger partial charge is 0.354 e. The molecule has 0 atom stereocenters. The van der Waals surface area contributed by atoms with E-state index in [-0.39, 0.29) is 30.0 Å². The summed E-state index contributed by atoms with van der Waals surface area (Å²) < 4.78 is 30.4. The zero-order valence-electron chi connectivity index (χ0n) is 10.7. The molecular formula is C13H10F2N2O4. The van der Waals surface area contributed by atoms with Gasteiger partial charge < -0.3 is 4.74 Å². The molecule has 1 aliphatic heterocycles. The van der Waals surface area contributed by atoms with E-state index in [4.69, 9.17) is 4.74 Å². The first-order valence-electron chi connectivity index (χ1n) is 5.98. The van der Waals surface area contributed by atoms with Crippen LogP contribution in [0.5, 0.6) is 0 Å². The molecule has 1 aromatic carbocycles. The lowest BCUT2D eigenvalue weighted by atomic mass is 10.1. The Bertz CT molecular complexity index is 643. The third-order valence-corrected chi connectivity index (χ3v) is 2.72. The number of nitrogens with zero attached hydrogens (tertiary/aromatic N) is 1. The number of benzene rings is 1. The molecule has 0 fully saturated rings. The largest absolute Gasteiger partial charge is 0.453 e. The van der Waals surface area contributed by atoms with Gasteiger partial charge in [-0.25, -0.2) is 19.0 Å². The highest BCUT2D eigenvalue weighted by molar-refractivity contribution is 6.37. The van der Waals surface area contributed by atoms with Crippen LogP contribution >= 0.6 is 0 Å². The summed E-state index contributed by atoms with van der Waals surface area (Å²) in [6.45, 7) is -0.628. The van der Waals surface area contributed by atoms with Crippen molar-refractivity contribution in [2.45, 2.75) is 12.8 Å². The molecule has 6 nitrogen and oxygen atoms in total. The number of Topliss-reactive ketones (excluding diaryl/α,β-unsaturated/α-hetero) is 1. The fourth-order valence-corrected chi connectivity index (χ4v) is 1.59. The van der Waals surface area contributed by atoms with Gasteiger partial charge in [0.15, 0.2) is 24.0 Å². The summed E-state index contributed by atoms with van der Waals surface area (Å²) in [6, 6.07) is 2.63. The van der Waals surface area contributed by atoms with Crippen LogP contribution in [0.4, 0.5) is 8.78 Å². The standard InChI is InChI=1S/C13H10F2N2O4/c14-8-2-1-7(5-9(8)15)11(18)6-21-13(20)10-3-4-12(19)17-16-10/h1-2,5H,3-4,6H2,(H,17,19). The number of carbonyl (C=O) groups is 3. The predicted molar refractivity (Wildman–Crippen MR) is 66.5 cm³/mol. The van der Waals surface area contributed by atoms with E-state index in [1.807, 2.05) is 0 Å². The Morgan fingerprint density at radius 1 is 1.24 bits per heavy atom. The number of carbonyl (C=O) groups excluding carboxylic acids is 3. The van der Waals surface area contributed by atoms with Crippen molar-refractivity contribution in [3.8, 4) is 0 Å². The third kappa shape index (κ3) is 3.68. The lowest BCUT2D eigenvalue weighted by molar-refractivity contribution is -0.134. The highest BCUT2D eigenvalue weighted by Gasteiger charge is 2.21. The molecule has 1 aromatic rings. The third-order valence-electron chi connectivity index (χ3n) is 2.72. The van der Waals surface area contributed by atoms with Crippen molar-refractivity contribution in [1.29, 1.82) is 0 Å². The Labute approximate surface area is 117 Å². The molecule has 0 aromatic heterocycles. The average Bonchev–Trinajstić information content (AvgIpc) is 2.48. The van der Waals surface area contributed by atoms with Gasteiger partial charge in [-0.15, -0.1) is 0 Å². The quantitative estimate of drug-likeness (QED) is 0.662. The molecule has 21 heavy (non-hydrogen) atoms. The van der Waals surface area contributed by atoms with Crippen LogP contribution in [0, 0.1) is 11.6 Å². The van der Waals surface area contributed by atoms with Gasteiger partial charge in [0.05, 0.1) is 0 Å². The number of rotatable bonds is 4. The normalized spacial score (nSPS) is 14.2. The number of amides is 1. The molecule has 0 saturated heterocycles. The van der Waals surface area contributed by atoms with Gasteiger partial charge in [0.1, 0.15) is 5.71 Å². The molecule has 0 radical (unpaired) electrons. The van der Waals surface area contributed by atoms with E-state index in [0.29, 0.717) is 0 Å². The van der Waals surface area contributed by atoms with Gasteiger partial charge in [-0.1, -0.05) is 0 Å². The molecular weight excluding hydrogens is 286 g/mol. The van der Waals surface area contributed by atoms with Gasteiger partial charge in [0.2, 0.25) is 5.91 Å². The van der Waals surface area contributed by atoms with Crippen molar-refractivity contribution >= 4 is 23.4 Å². The number of nitrogens with one attached hydrogen (secondary N) is 1. The van der Waals surface area contributed by atoms with Crippen LogP contribution in [0.25, 0.3) is 0 Å². The van der Waals surface area contributed by atoms with Gasteiger partial charge in [-0.05, 0) is 18.2 Å². The first-order chi connectivity index (χ1) is 9.97. The molecule has 0 unspecified atom stereocenters. The first kappa shape index (κ1) is 14.8. The molecule has 0 saturated carbocycles. The Hall–Kier alpha value is -2.64. The second-order valence-corrected chi connectivity index (χ2v) is 4.22. The van der Waals surface area contributed by atoms with Gasteiger partial charge >= 0.3 is 5.97 Å². The predicted octanol–water partition coefficient (Wildman–Crippen LogP) is 0.957. The van der Waals surface area contributed by atoms with Crippen molar-refractivity contribution in [2.75, 3.05) is 6.61 Å². The van der Waals surface area contributed by atoms with E-state index in [9.17, 15) is 23.2 Å². The van der Waals surface area contributed by atoms with E-state index in [0.717, 1.165) is 18.2 Å². The Morgan fingerprint density at radius 3 is 2.62 bits per heavy atom. The van der Waals surface area contributed by atoms with Crippen molar-refractivity contribution in [3.05, 3.63) is 35.4 Å². The molecule has 1 N–H and O–H groups in total. The van der Waals surface area contributed by atoms with Gasteiger partial charge in [-0.2, -0.15) is 5.10 Å². The number of halogens is 2. The van der Waals surface area contributed by atoms with Crippen LogP contribution < -0.4 is 5.43 Å². The van der Waals surface area contributed by atoms with Crippen molar-refractivity contribution in [1.82, 2.24) is 5.43 Å². The number of ketones is 1. The molecule has 1 heterocycles. The molecule has 1 aliphatic rings. The van der Waals surface area contributed by atoms with Crippen molar-refractivity contribution in [2.24, 2.45) is 5.10 Å². The zero-order chi connectivity index (χ0) is 15.4. The van der Waals surface area contributed by atoms with E-state index in [1.54, 1.807) is 0 Å². The van der Waals surface area contributed by atoms with E-state index in [2.05, 4.69) is 10.5 Å². The maximum Gasteiger partial charge on any atom is 0.354 e.